The molecule has 7 heteroatoms. The third-order valence-electron chi connectivity index (χ3n) is 3.10. The Balaban J connectivity index is 1.96. The summed E-state index contributed by atoms with van der Waals surface area (Å²) in [5, 5.41) is 15.5. The van der Waals surface area contributed by atoms with Gasteiger partial charge in [0.1, 0.15) is 6.61 Å². The van der Waals surface area contributed by atoms with Crippen LogP contribution in [0.3, 0.4) is 0 Å². The largest absolute Gasteiger partial charge is 0.481 e. The number of amides is 1. The molecule has 0 saturated carbocycles. The van der Waals surface area contributed by atoms with E-state index in [9.17, 15) is 9.59 Å². The van der Waals surface area contributed by atoms with Crippen LogP contribution < -0.4 is 5.32 Å². The molecule has 2 rings (SSSR count). The van der Waals surface area contributed by atoms with Crippen LogP contribution in [0.1, 0.15) is 23.7 Å². The summed E-state index contributed by atoms with van der Waals surface area (Å²) in [6.45, 7) is 0.123. The Bertz CT molecular complexity index is 639. The van der Waals surface area contributed by atoms with Crippen LogP contribution in [0, 0.1) is 0 Å². The first-order valence-corrected chi connectivity index (χ1v) is 6.73. The predicted molar refractivity (Wildman–Crippen MR) is 78.0 cm³/mol. The Morgan fingerprint density at radius 3 is 2.64 bits per heavy atom. The van der Waals surface area contributed by atoms with E-state index in [0.717, 1.165) is 5.56 Å². The van der Waals surface area contributed by atoms with Gasteiger partial charge in [0, 0.05) is 13.2 Å². The first kappa shape index (κ1) is 15.6. The van der Waals surface area contributed by atoms with Crippen LogP contribution in [0.15, 0.2) is 42.6 Å². The molecule has 0 unspecified atom stereocenters. The second kappa shape index (κ2) is 7.26. The summed E-state index contributed by atoms with van der Waals surface area (Å²) in [5.74, 6) is -1.02. The van der Waals surface area contributed by atoms with Crippen molar-refractivity contribution in [2.24, 2.45) is 7.05 Å². The number of nitrogens with zero attached hydrogens (tertiary/aromatic N) is 2. The normalized spacial score (nSPS) is 11.7. The summed E-state index contributed by atoms with van der Waals surface area (Å²) in [4.78, 5) is 22.8. The number of carboxylic acids is 1. The van der Waals surface area contributed by atoms with Crippen LogP contribution in [0.25, 0.3) is 0 Å². The number of hydrogen-bond acceptors (Lipinski definition) is 4. The number of nitrogens with one attached hydrogen (secondary N) is 1. The number of benzene rings is 1. The molecule has 1 atom stereocenters. The van der Waals surface area contributed by atoms with Crippen molar-refractivity contribution in [2.45, 2.75) is 19.1 Å². The molecule has 0 aliphatic carbocycles. The first-order chi connectivity index (χ1) is 10.6. The summed E-state index contributed by atoms with van der Waals surface area (Å²) in [5.41, 5.74) is 1.45. The third-order valence-corrected chi connectivity index (χ3v) is 3.10. The summed E-state index contributed by atoms with van der Waals surface area (Å²) in [7, 11) is 1.68. The molecule has 116 valence electrons. The van der Waals surface area contributed by atoms with Gasteiger partial charge in [-0.3, -0.25) is 9.48 Å². The highest BCUT2D eigenvalue weighted by atomic mass is 16.5. The Morgan fingerprint density at radius 2 is 2.05 bits per heavy atom. The minimum atomic E-state index is -1.02. The summed E-state index contributed by atoms with van der Waals surface area (Å²) in [6, 6.07) is 10.2. The molecule has 1 aromatic carbocycles. The lowest BCUT2D eigenvalue weighted by atomic mass is 10.1. The van der Waals surface area contributed by atoms with E-state index in [2.05, 4.69) is 10.4 Å². The number of carbonyl (C=O) groups is 2. The average molecular weight is 303 g/mol. The molecule has 2 aromatic rings. The smallest absolute Gasteiger partial charge is 0.408 e. The molecule has 0 aliphatic rings. The van der Waals surface area contributed by atoms with Crippen molar-refractivity contribution in [3.63, 3.8) is 0 Å². The lowest BCUT2D eigenvalue weighted by molar-refractivity contribution is -0.137. The van der Waals surface area contributed by atoms with Crippen molar-refractivity contribution < 1.29 is 19.4 Å². The number of aryl methyl sites for hydroxylation is 1. The van der Waals surface area contributed by atoms with Gasteiger partial charge in [-0.15, -0.1) is 0 Å². The molecule has 1 heterocycles. The minimum Gasteiger partial charge on any atom is -0.481 e. The van der Waals surface area contributed by atoms with Gasteiger partial charge in [0.25, 0.3) is 0 Å². The van der Waals surface area contributed by atoms with Gasteiger partial charge in [-0.1, -0.05) is 30.3 Å². The highest BCUT2D eigenvalue weighted by molar-refractivity contribution is 5.71. The summed E-state index contributed by atoms with van der Waals surface area (Å²) in [6.07, 6.45) is 0.623. The fraction of sp³-hybridized carbons (Fsp3) is 0.267. The zero-order valence-corrected chi connectivity index (χ0v) is 12.1. The van der Waals surface area contributed by atoms with Gasteiger partial charge in [0.15, 0.2) is 0 Å². The monoisotopic (exact) mass is 303 g/mol. The van der Waals surface area contributed by atoms with Crippen LogP contribution in [0.4, 0.5) is 4.79 Å². The Labute approximate surface area is 127 Å². The molecule has 1 aromatic heterocycles. The lowest BCUT2D eigenvalue weighted by Gasteiger charge is -2.17. The van der Waals surface area contributed by atoms with Crippen LogP contribution in [-0.2, 0) is 23.2 Å². The van der Waals surface area contributed by atoms with Crippen molar-refractivity contribution in [1.29, 1.82) is 0 Å². The van der Waals surface area contributed by atoms with Gasteiger partial charge in [-0.2, -0.15) is 5.10 Å². The number of alkyl carbamates (subject to hydrolysis) is 1. The predicted octanol–water partition coefficient (Wildman–Crippen LogP) is 1.86. The van der Waals surface area contributed by atoms with Gasteiger partial charge < -0.3 is 15.2 Å². The molecular formula is C15H17N3O4. The van der Waals surface area contributed by atoms with Crippen LogP contribution >= 0.6 is 0 Å². The van der Waals surface area contributed by atoms with Crippen molar-refractivity contribution in [1.82, 2.24) is 15.1 Å². The topological polar surface area (TPSA) is 93.5 Å². The standard InChI is InChI=1S/C15H17N3O4/c1-18-13(7-8-16-18)12(9-14(19)20)17-15(21)22-10-11-5-3-2-4-6-11/h2-8,12H,9-10H2,1H3,(H,17,21)(H,19,20)/t12-/m1/s1. The molecule has 0 spiro atoms. The molecule has 1 amide bonds. The summed E-state index contributed by atoms with van der Waals surface area (Å²) >= 11 is 0. The van der Waals surface area contributed by atoms with E-state index in [4.69, 9.17) is 9.84 Å². The highest BCUT2D eigenvalue weighted by Gasteiger charge is 2.21. The third kappa shape index (κ3) is 4.34. The number of hydrogen-bond donors (Lipinski definition) is 2. The molecule has 0 fully saturated rings. The lowest BCUT2D eigenvalue weighted by Crippen LogP contribution is -2.31. The number of rotatable bonds is 6. The SMILES string of the molecule is Cn1nccc1[C@@H](CC(=O)O)NC(=O)OCc1ccccc1. The van der Waals surface area contributed by atoms with E-state index in [-0.39, 0.29) is 13.0 Å². The summed E-state index contributed by atoms with van der Waals surface area (Å²) < 4.78 is 6.62. The van der Waals surface area contributed by atoms with E-state index in [1.54, 1.807) is 19.3 Å². The van der Waals surface area contributed by atoms with E-state index in [1.807, 2.05) is 30.3 Å². The second-order valence-electron chi connectivity index (χ2n) is 4.74. The van der Waals surface area contributed by atoms with E-state index in [0.29, 0.717) is 5.69 Å². The number of ether oxygens (including phenoxy) is 1. The number of aromatic nitrogens is 2. The van der Waals surface area contributed by atoms with E-state index < -0.39 is 18.1 Å². The maximum atomic E-state index is 11.9. The molecule has 7 nitrogen and oxygen atoms in total. The fourth-order valence-electron chi connectivity index (χ4n) is 2.04. The van der Waals surface area contributed by atoms with Gasteiger partial charge in [0.2, 0.25) is 0 Å². The van der Waals surface area contributed by atoms with Crippen LogP contribution in [0.5, 0.6) is 0 Å². The maximum Gasteiger partial charge on any atom is 0.408 e. The minimum absolute atomic E-state index is 0.123. The molecule has 0 bridgehead atoms. The van der Waals surface area contributed by atoms with Crippen molar-refractivity contribution in [2.75, 3.05) is 0 Å². The van der Waals surface area contributed by atoms with Crippen molar-refractivity contribution in [3.8, 4) is 0 Å². The molecule has 22 heavy (non-hydrogen) atoms. The highest BCUT2D eigenvalue weighted by Crippen LogP contribution is 2.16. The maximum absolute atomic E-state index is 11.9. The van der Waals surface area contributed by atoms with E-state index >= 15 is 0 Å². The fourth-order valence-corrected chi connectivity index (χ4v) is 2.04. The molecule has 0 saturated heterocycles. The van der Waals surface area contributed by atoms with Crippen LogP contribution in [0.2, 0.25) is 0 Å². The second-order valence-corrected chi connectivity index (χ2v) is 4.74. The van der Waals surface area contributed by atoms with Crippen LogP contribution in [-0.4, -0.2) is 26.9 Å². The molecule has 0 aliphatic heterocycles. The van der Waals surface area contributed by atoms with Crippen molar-refractivity contribution in [3.05, 3.63) is 53.9 Å². The molecule has 0 radical (unpaired) electrons. The Kier molecular flexibility index (Phi) is 5.13. The molecule has 2 N–H and O–H groups in total. The van der Waals surface area contributed by atoms with Crippen molar-refractivity contribution >= 4 is 12.1 Å². The molecular weight excluding hydrogens is 286 g/mol. The van der Waals surface area contributed by atoms with Gasteiger partial charge in [-0.05, 0) is 11.6 Å². The average Bonchev–Trinajstić information content (AvgIpc) is 2.91. The zero-order valence-electron chi connectivity index (χ0n) is 12.1. The quantitative estimate of drug-likeness (QED) is 0.849. The van der Waals surface area contributed by atoms with Gasteiger partial charge in [-0.25, -0.2) is 4.79 Å². The zero-order chi connectivity index (χ0) is 15.9. The number of carbonyl (C=O) groups excluding carboxylic acids is 1. The number of aliphatic carboxylic acids is 1. The van der Waals surface area contributed by atoms with Gasteiger partial charge in [0.05, 0.1) is 18.2 Å². The van der Waals surface area contributed by atoms with Gasteiger partial charge >= 0.3 is 12.1 Å². The Morgan fingerprint density at radius 1 is 1.32 bits per heavy atom. The van der Waals surface area contributed by atoms with E-state index in [1.165, 1.54) is 4.68 Å². The Hall–Kier alpha value is -2.83. The number of carboxylic acid groups (broad SMARTS) is 1. The first-order valence-electron chi connectivity index (χ1n) is 6.73.